The fraction of sp³-hybridized carbons (Fsp3) is 0.818. The molecular weight excluding hydrogens is 298 g/mol. The molecule has 1 atom stereocenters. The first-order chi connectivity index (χ1) is 9.49. The smallest absolute Gasteiger partial charge is 0.269 e. The first kappa shape index (κ1) is 15.6. The number of sulfonamides is 1. The zero-order chi connectivity index (χ0) is 14.6. The van der Waals surface area contributed by atoms with Crippen molar-refractivity contribution in [1.82, 2.24) is 19.8 Å². The molecule has 0 bridgehead atoms. The minimum Gasteiger partial charge on any atom is -0.374 e. The molecule has 0 aromatic carbocycles. The van der Waals surface area contributed by atoms with Crippen LogP contribution in [0.2, 0.25) is 0 Å². The predicted molar refractivity (Wildman–Crippen MR) is 79.0 cm³/mol. The van der Waals surface area contributed by atoms with E-state index in [1.54, 1.807) is 0 Å². The first-order valence-corrected chi connectivity index (χ1v) is 9.12. The highest BCUT2D eigenvalue weighted by Crippen LogP contribution is 2.17. The lowest BCUT2D eigenvalue weighted by molar-refractivity contribution is 0.159. The van der Waals surface area contributed by atoms with Crippen LogP contribution >= 0.6 is 11.3 Å². The molecule has 20 heavy (non-hydrogen) atoms. The summed E-state index contributed by atoms with van der Waals surface area (Å²) in [5.74, 6) is 0. The molecule has 0 amide bonds. The minimum absolute atomic E-state index is 0.0682. The summed E-state index contributed by atoms with van der Waals surface area (Å²) in [7, 11) is -3.56. The third-order valence-corrected chi connectivity index (χ3v) is 6.09. The molecule has 2 heterocycles. The second-order valence-corrected chi connectivity index (χ2v) is 7.99. The van der Waals surface area contributed by atoms with Crippen molar-refractivity contribution in [1.29, 1.82) is 0 Å². The van der Waals surface area contributed by atoms with Crippen LogP contribution < -0.4 is 10.5 Å². The van der Waals surface area contributed by atoms with E-state index in [-0.39, 0.29) is 9.47 Å². The minimum atomic E-state index is -3.56. The summed E-state index contributed by atoms with van der Waals surface area (Å²) in [4.78, 5) is 2.42. The Balaban J connectivity index is 1.75. The van der Waals surface area contributed by atoms with Crippen molar-refractivity contribution in [2.45, 2.75) is 43.0 Å². The number of nitrogen functional groups attached to an aromatic ring is 1. The number of piperidine rings is 1. The van der Waals surface area contributed by atoms with E-state index in [9.17, 15) is 8.42 Å². The lowest BCUT2D eigenvalue weighted by Crippen LogP contribution is -2.39. The average molecular weight is 319 g/mol. The molecule has 7 nitrogen and oxygen atoms in total. The molecule has 0 saturated carbocycles. The van der Waals surface area contributed by atoms with E-state index in [1.807, 2.05) is 0 Å². The standard InChI is InChI=1S/C11H21N5O2S2/c1-9-5-2-3-7-16(9)8-4-6-13-20(17,18)11-15-14-10(12)19-11/h9,13H,2-8H2,1H3,(H2,12,14). The van der Waals surface area contributed by atoms with Gasteiger partial charge in [-0.1, -0.05) is 17.8 Å². The Morgan fingerprint density at radius 2 is 2.25 bits per heavy atom. The molecular formula is C11H21N5O2S2. The van der Waals surface area contributed by atoms with Gasteiger partial charge in [0.25, 0.3) is 10.0 Å². The SMILES string of the molecule is CC1CCCCN1CCCNS(=O)(=O)c1nnc(N)s1. The summed E-state index contributed by atoms with van der Waals surface area (Å²) in [6, 6.07) is 0.600. The largest absolute Gasteiger partial charge is 0.374 e. The molecule has 3 N–H and O–H groups in total. The van der Waals surface area contributed by atoms with Gasteiger partial charge in [-0.05, 0) is 39.3 Å². The maximum Gasteiger partial charge on any atom is 0.269 e. The van der Waals surface area contributed by atoms with E-state index < -0.39 is 10.0 Å². The van der Waals surface area contributed by atoms with Gasteiger partial charge < -0.3 is 10.6 Å². The summed E-state index contributed by atoms with van der Waals surface area (Å²) < 4.78 is 26.2. The van der Waals surface area contributed by atoms with E-state index in [1.165, 1.54) is 19.3 Å². The molecule has 114 valence electrons. The Morgan fingerprint density at radius 1 is 1.45 bits per heavy atom. The Kier molecular flexibility index (Phi) is 5.30. The van der Waals surface area contributed by atoms with E-state index in [0.717, 1.165) is 30.8 Å². The third-order valence-electron chi connectivity index (χ3n) is 3.51. The number of nitrogens with two attached hydrogens (primary N) is 1. The van der Waals surface area contributed by atoms with Crippen molar-refractivity contribution < 1.29 is 8.42 Å². The average Bonchev–Trinajstić information content (AvgIpc) is 2.84. The van der Waals surface area contributed by atoms with Crippen LogP contribution in [0.15, 0.2) is 4.34 Å². The van der Waals surface area contributed by atoms with Gasteiger partial charge in [-0.3, -0.25) is 0 Å². The zero-order valence-electron chi connectivity index (χ0n) is 11.6. The molecule has 9 heteroatoms. The molecule has 0 aliphatic carbocycles. The Labute approximate surface area is 123 Å². The lowest BCUT2D eigenvalue weighted by atomic mass is 10.0. The number of hydrogen-bond acceptors (Lipinski definition) is 7. The van der Waals surface area contributed by atoms with Gasteiger partial charge in [0, 0.05) is 12.6 Å². The molecule has 0 radical (unpaired) electrons. The van der Waals surface area contributed by atoms with Crippen molar-refractivity contribution in [3.05, 3.63) is 0 Å². The second-order valence-electron chi connectivity index (χ2n) is 5.04. The molecule has 1 fully saturated rings. The Hall–Kier alpha value is -0.770. The van der Waals surface area contributed by atoms with Crippen LogP contribution in [-0.4, -0.2) is 49.2 Å². The molecule has 1 aliphatic heterocycles. The summed E-state index contributed by atoms with van der Waals surface area (Å²) >= 11 is 0.876. The van der Waals surface area contributed by atoms with Crippen molar-refractivity contribution in [2.75, 3.05) is 25.4 Å². The van der Waals surface area contributed by atoms with Gasteiger partial charge in [0.2, 0.25) is 9.47 Å². The lowest BCUT2D eigenvalue weighted by Gasteiger charge is -2.33. The quantitative estimate of drug-likeness (QED) is 0.747. The third kappa shape index (κ3) is 4.11. The number of aromatic nitrogens is 2. The summed E-state index contributed by atoms with van der Waals surface area (Å²) in [6.07, 6.45) is 4.55. The maximum absolute atomic E-state index is 11.9. The van der Waals surface area contributed by atoms with Crippen LogP contribution in [0, 0.1) is 0 Å². The molecule has 0 spiro atoms. The van der Waals surface area contributed by atoms with Crippen LogP contribution in [0.3, 0.4) is 0 Å². The maximum atomic E-state index is 11.9. The van der Waals surface area contributed by atoms with Crippen LogP contribution in [0.4, 0.5) is 5.13 Å². The fourth-order valence-electron chi connectivity index (χ4n) is 2.37. The molecule has 2 rings (SSSR count). The van der Waals surface area contributed by atoms with Gasteiger partial charge in [0.05, 0.1) is 0 Å². The Bertz CT molecular complexity index is 531. The highest BCUT2D eigenvalue weighted by Gasteiger charge is 2.20. The predicted octanol–water partition coefficient (Wildman–Crippen LogP) is 0.663. The number of nitrogens with zero attached hydrogens (tertiary/aromatic N) is 3. The molecule has 1 aromatic rings. The van der Waals surface area contributed by atoms with E-state index in [2.05, 4.69) is 26.7 Å². The Morgan fingerprint density at radius 3 is 2.90 bits per heavy atom. The summed E-state index contributed by atoms with van der Waals surface area (Å²) in [5.41, 5.74) is 5.39. The topological polar surface area (TPSA) is 101 Å². The van der Waals surface area contributed by atoms with Gasteiger partial charge in [0.15, 0.2) is 0 Å². The van der Waals surface area contributed by atoms with Crippen molar-refractivity contribution in [2.24, 2.45) is 0 Å². The van der Waals surface area contributed by atoms with E-state index >= 15 is 0 Å². The monoisotopic (exact) mass is 319 g/mol. The van der Waals surface area contributed by atoms with Gasteiger partial charge in [-0.2, -0.15) is 0 Å². The van der Waals surface area contributed by atoms with Crippen LogP contribution in [0.5, 0.6) is 0 Å². The normalized spacial score (nSPS) is 21.1. The van der Waals surface area contributed by atoms with Gasteiger partial charge in [-0.25, -0.2) is 13.1 Å². The van der Waals surface area contributed by atoms with Crippen LogP contribution in [-0.2, 0) is 10.0 Å². The number of hydrogen-bond donors (Lipinski definition) is 2. The summed E-state index contributed by atoms with van der Waals surface area (Å²) in [5, 5.41) is 7.22. The van der Waals surface area contributed by atoms with E-state index in [4.69, 9.17) is 5.73 Å². The zero-order valence-corrected chi connectivity index (χ0v) is 13.2. The number of nitrogens with one attached hydrogen (secondary N) is 1. The van der Waals surface area contributed by atoms with Gasteiger partial charge >= 0.3 is 0 Å². The van der Waals surface area contributed by atoms with Gasteiger partial charge in [0.1, 0.15) is 0 Å². The van der Waals surface area contributed by atoms with Gasteiger partial charge in [-0.15, -0.1) is 10.2 Å². The molecule has 1 aliphatic rings. The highest BCUT2D eigenvalue weighted by molar-refractivity contribution is 7.91. The van der Waals surface area contributed by atoms with Crippen LogP contribution in [0.1, 0.15) is 32.6 Å². The van der Waals surface area contributed by atoms with Crippen molar-refractivity contribution in [3.8, 4) is 0 Å². The first-order valence-electron chi connectivity index (χ1n) is 6.82. The second kappa shape index (κ2) is 6.79. The molecule has 1 unspecified atom stereocenters. The van der Waals surface area contributed by atoms with Crippen molar-refractivity contribution >= 4 is 26.5 Å². The molecule has 1 saturated heterocycles. The number of rotatable bonds is 6. The highest BCUT2D eigenvalue weighted by atomic mass is 32.2. The molecule has 1 aromatic heterocycles. The van der Waals surface area contributed by atoms with Crippen molar-refractivity contribution in [3.63, 3.8) is 0 Å². The number of likely N-dealkylation sites (tertiary alicyclic amines) is 1. The fourth-order valence-corrected chi connectivity index (χ4v) is 4.27. The van der Waals surface area contributed by atoms with E-state index in [0.29, 0.717) is 12.6 Å². The van der Waals surface area contributed by atoms with Crippen LogP contribution in [0.25, 0.3) is 0 Å². The summed E-state index contributed by atoms with van der Waals surface area (Å²) in [6.45, 7) is 4.67. The number of anilines is 1.